The molecule has 0 spiro atoms. The molecule has 112 valence electrons. The summed E-state index contributed by atoms with van der Waals surface area (Å²) in [7, 11) is 0. The van der Waals surface area contributed by atoms with Gasteiger partial charge in [-0.2, -0.15) is 0 Å². The van der Waals surface area contributed by atoms with Crippen molar-refractivity contribution in [2.45, 2.75) is 19.8 Å². The van der Waals surface area contributed by atoms with Gasteiger partial charge in [-0.15, -0.1) is 0 Å². The summed E-state index contributed by atoms with van der Waals surface area (Å²) in [5.41, 5.74) is 7.74. The zero-order chi connectivity index (χ0) is 14.9. The number of nitrogen functional groups attached to an aromatic ring is 1. The topological polar surface area (TPSA) is 38.5 Å². The molecule has 2 N–H and O–H groups in total. The first-order valence-electron chi connectivity index (χ1n) is 7.58. The molecule has 21 heavy (non-hydrogen) atoms. The van der Waals surface area contributed by atoms with Crippen LogP contribution in [0, 0.1) is 0 Å². The van der Waals surface area contributed by atoms with E-state index in [1.807, 2.05) is 30.3 Å². The molecular weight excluding hydrogens is 260 g/mol. The predicted octanol–water partition coefficient (Wildman–Crippen LogP) is 3.95. The molecule has 0 unspecified atom stereocenters. The summed E-state index contributed by atoms with van der Waals surface area (Å²) in [5.74, 6) is 0.832. The highest BCUT2D eigenvalue weighted by atomic mass is 16.5. The highest BCUT2D eigenvalue weighted by Gasteiger charge is 2.05. The summed E-state index contributed by atoms with van der Waals surface area (Å²) in [4.78, 5) is 2.37. The van der Waals surface area contributed by atoms with Crippen molar-refractivity contribution in [2.24, 2.45) is 0 Å². The van der Waals surface area contributed by atoms with E-state index in [1.54, 1.807) is 0 Å². The number of nitrogens with two attached hydrogens (primary N) is 1. The number of ether oxygens (including phenoxy) is 1. The lowest BCUT2D eigenvalue weighted by atomic mass is 10.2. The molecule has 0 saturated carbocycles. The van der Waals surface area contributed by atoms with Crippen LogP contribution in [-0.2, 0) is 0 Å². The third-order valence-electron chi connectivity index (χ3n) is 3.39. The van der Waals surface area contributed by atoms with Gasteiger partial charge in [0.25, 0.3) is 0 Å². The first kappa shape index (κ1) is 15.2. The minimum atomic E-state index is 0.655. The standard InChI is InChI=1S/C18H24N2O/c1-2-3-12-20(17-9-5-4-6-10-17)13-14-21-18-11-7-8-16(19)15-18/h4-11,15H,2-3,12-14,19H2,1H3. The first-order chi connectivity index (χ1) is 10.3. The Labute approximate surface area is 127 Å². The van der Waals surface area contributed by atoms with Crippen LogP contribution in [0.15, 0.2) is 54.6 Å². The van der Waals surface area contributed by atoms with Gasteiger partial charge in [-0.3, -0.25) is 0 Å². The fourth-order valence-corrected chi connectivity index (χ4v) is 2.24. The smallest absolute Gasteiger partial charge is 0.121 e. The average molecular weight is 284 g/mol. The maximum absolute atomic E-state index is 5.80. The summed E-state index contributed by atoms with van der Waals surface area (Å²) in [6.07, 6.45) is 2.38. The number of hydrogen-bond acceptors (Lipinski definition) is 3. The maximum atomic E-state index is 5.80. The predicted molar refractivity (Wildman–Crippen MR) is 89.9 cm³/mol. The van der Waals surface area contributed by atoms with Crippen molar-refractivity contribution in [3.8, 4) is 5.75 Å². The molecule has 0 fully saturated rings. The quantitative estimate of drug-likeness (QED) is 0.746. The monoisotopic (exact) mass is 284 g/mol. The van der Waals surface area contributed by atoms with Crippen molar-refractivity contribution in [3.05, 3.63) is 54.6 Å². The third kappa shape index (κ3) is 5.03. The first-order valence-corrected chi connectivity index (χ1v) is 7.58. The number of nitrogens with zero attached hydrogens (tertiary/aromatic N) is 1. The summed E-state index contributed by atoms with van der Waals surface area (Å²) >= 11 is 0. The fraction of sp³-hybridized carbons (Fsp3) is 0.333. The molecule has 0 aliphatic rings. The van der Waals surface area contributed by atoms with Gasteiger partial charge in [-0.1, -0.05) is 37.6 Å². The zero-order valence-electron chi connectivity index (χ0n) is 12.7. The van der Waals surface area contributed by atoms with Crippen LogP contribution in [0.2, 0.25) is 0 Å². The van der Waals surface area contributed by atoms with E-state index >= 15 is 0 Å². The van der Waals surface area contributed by atoms with Crippen molar-refractivity contribution >= 4 is 11.4 Å². The second-order valence-corrected chi connectivity index (χ2v) is 5.10. The molecule has 0 bridgehead atoms. The molecule has 0 atom stereocenters. The van der Waals surface area contributed by atoms with Crippen LogP contribution < -0.4 is 15.4 Å². The van der Waals surface area contributed by atoms with Crippen LogP contribution in [-0.4, -0.2) is 19.7 Å². The van der Waals surface area contributed by atoms with E-state index in [0.717, 1.165) is 24.5 Å². The molecule has 0 amide bonds. The fourth-order valence-electron chi connectivity index (χ4n) is 2.24. The highest BCUT2D eigenvalue weighted by Crippen LogP contribution is 2.16. The molecular formula is C18H24N2O. The molecule has 0 aromatic heterocycles. The van der Waals surface area contributed by atoms with Crippen LogP contribution in [0.25, 0.3) is 0 Å². The van der Waals surface area contributed by atoms with E-state index in [0.29, 0.717) is 6.61 Å². The van der Waals surface area contributed by atoms with Gasteiger partial charge in [-0.25, -0.2) is 0 Å². The van der Waals surface area contributed by atoms with E-state index in [1.165, 1.54) is 18.5 Å². The molecule has 3 nitrogen and oxygen atoms in total. The lowest BCUT2D eigenvalue weighted by Gasteiger charge is -2.24. The molecule has 0 aliphatic carbocycles. The number of para-hydroxylation sites is 1. The van der Waals surface area contributed by atoms with Crippen molar-refractivity contribution in [1.29, 1.82) is 0 Å². The molecule has 0 radical (unpaired) electrons. The van der Waals surface area contributed by atoms with Crippen molar-refractivity contribution in [3.63, 3.8) is 0 Å². The largest absolute Gasteiger partial charge is 0.492 e. The van der Waals surface area contributed by atoms with Crippen LogP contribution in [0.1, 0.15) is 19.8 Å². The Hall–Kier alpha value is -2.16. The maximum Gasteiger partial charge on any atom is 0.121 e. The second-order valence-electron chi connectivity index (χ2n) is 5.10. The van der Waals surface area contributed by atoms with Crippen LogP contribution in [0.3, 0.4) is 0 Å². The lowest BCUT2D eigenvalue weighted by Crippen LogP contribution is -2.29. The van der Waals surface area contributed by atoms with Gasteiger partial charge in [0.05, 0.1) is 6.54 Å². The van der Waals surface area contributed by atoms with Crippen molar-refractivity contribution < 1.29 is 4.74 Å². The Bertz CT molecular complexity index is 528. The van der Waals surface area contributed by atoms with Gasteiger partial charge in [0.15, 0.2) is 0 Å². The Kier molecular flexibility index (Phi) is 5.95. The van der Waals surface area contributed by atoms with Gasteiger partial charge in [0, 0.05) is 24.0 Å². The van der Waals surface area contributed by atoms with E-state index in [-0.39, 0.29) is 0 Å². The summed E-state index contributed by atoms with van der Waals surface area (Å²) in [5, 5.41) is 0. The number of anilines is 2. The molecule has 0 saturated heterocycles. The zero-order valence-corrected chi connectivity index (χ0v) is 12.7. The van der Waals surface area contributed by atoms with Crippen LogP contribution in [0.4, 0.5) is 11.4 Å². The highest BCUT2D eigenvalue weighted by molar-refractivity contribution is 5.46. The molecule has 3 heteroatoms. The van der Waals surface area contributed by atoms with E-state index in [9.17, 15) is 0 Å². The Morgan fingerprint density at radius 1 is 1.00 bits per heavy atom. The molecule has 2 rings (SSSR count). The van der Waals surface area contributed by atoms with Gasteiger partial charge < -0.3 is 15.4 Å². The Morgan fingerprint density at radius 3 is 2.52 bits per heavy atom. The number of hydrogen-bond donors (Lipinski definition) is 1. The van der Waals surface area contributed by atoms with E-state index in [4.69, 9.17) is 10.5 Å². The van der Waals surface area contributed by atoms with E-state index < -0.39 is 0 Å². The number of rotatable bonds is 8. The number of benzene rings is 2. The molecule has 2 aromatic carbocycles. The molecule has 2 aromatic rings. The normalized spacial score (nSPS) is 10.3. The minimum absolute atomic E-state index is 0.655. The minimum Gasteiger partial charge on any atom is -0.492 e. The average Bonchev–Trinajstić information content (AvgIpc) is 2.51. The van der Waals surface area contributed by atoms with E-state index in [2.05, 4.69) is 36.1 Å². The van der Waals surface area contributed by atoms with Gasteiger partial charge >= 0.3 is 0 Å². The van der Waals surface area contributed by atoms with Gasteiger partial charge in [-0.05, 0) is 30.7 Å². The Balaban J connectivity index is 1.90. The summed E-state index contributed by atoms with van der Waals surface area (Å²) in [6, 6.07) is 18.1. The molecule has 0 heterocycles. The molecule has 0 aliphatic heterocycles. The summed E-state index contributed by atoms with van der Waals surface area (Å²) in [6.45, 7) is 4.80. The van der Waals surface area contributed by atoms with Gasteiger partial charge in [0.1, 0.15) is 12.4 Å². The Morgan fingerprint density at radius 2 is 1.81 bits per heavy atom. The number of unbranched alkanes of at least 4 members (excludes halogenated alkanes) is 1. The lowest BCUT2D eigenvalue weighted by molar-refractivity contribution is 0.323. The van der Waals surface area contributed by atoms with Crippen molar-refractivity contribution in [1.82, 2.24) is 0 Å². The second kappa shape index (κ2) is 8.20. The van der Waals surface area contributed by atoms with Crippen molar-refractivity contribution in [2.75, 3.05) is 30.3 Å². The summed E-state index contributed by atoms with van der Waals surface area (Å²) < 4.78 is 5.80. The van der Waals surface area contributed by atoms with Crippen LogP contribution in [0.5, 0.6) is 5.75 Å². The third-order valence-corrected chi connectivity index (χ3v) is 3.39. The van der Waals surface area contributed by atoms with Crippen LogP contribution >= 0.6 is 0 Å². The SMILES string of the molecule is CCCCN(CCOc1cccc(N)c1)c1ccccc1. The van der Waals surface area contributed by atoms with Gasteiger partial charge in [0.2, 0.25) is 0 Å².